The van der Waals surface area contributed by atoms with Crippen molar-refractivity contribution in [3.05, 3.63) is 77.4 Å². The Morgan fingerprint density at radius 3 is 2.31 bits per heavy atom. The van der Waals surface area contributed by atoms with Crippen molar-refractivity contribution >= 4 is 35.0 Å². The van der Waals surface area contributed by atoms with E-state index in [0.717, 1.165) is 28.6 Å². The number of carbonyl (C=O) groups is 2. The monoisotopic (exact) mass is 555 g/mol. The Kier molecular flexibility index (Phi) is 10.3. The van der Waals surface area contributed by atoms with Crippen molar-refractivity contribution < 1.29 is 23.5 Å². The molecule has 0 bridgehead atoms. The molecule has 4 rings (SSSR count). The number of benzene rings is 3. The molecule has 3 aromatic carbocycles. The van der Waals surface area contributed by atoms with Crippen molar-refractivity contribution in [2.45, 2.75) is 63.4 Å². The van der Waals surface area contributed by atoms with Gasteiger partial charge in [0.2, 0.25) is 0 Å². The normalized spacial score (nSPS) is 14.6. The van der Waals surface area contributed by atoms with E-state index in [0.29, 0.717) is 23.2 Å². The van der Waals surface area contributed by atoms with Crippen LogP contribution in [0, 0.1) is 18.6 Å². The second-order valence-corrected chi connectivity index (χ2v) is 10.2. The van der Waals surface area contributed by atoms with E-state index >= 15 is 4.39 Å². The van der Waals surface area contributed by atoms with Crippen LogP contribution >= 0.6 is 11.8 Å². The number of carboxylic acids is 1. The smallest absolute Gasteiger partial charge is 0.326 e. The van der Waals surface area contributed by atoms with Crippen LogP contribution in [0.4, 0.5) is 20.2 Å². The average molecular weight is 556 g/mol. The third-order valence-corrected chi connectivity index (χ3v) is 7.57. The van der Waals surface area contributed by atoms with Gasteiger partial charge in [0.1, 0.15) is 17.7 Å². The summed E-state index contributed by atoms with van der Waals surface area (Å²) in [5, 5.41) is 14.9. The summed E-state index contributed by atoms with van der Waals surface area (Å²) < 4.78 is 29.9. The molecule has 3 aromatic rings. The number of hydrogen-bond acceptors (Lipinski definition) is 5. The summed E-state index contributed by atoms with van der Waals surface area (Å²) in [6, 6.07) is 13.7. The first-order valence-electron chi connectivity index (χ1n) is 13.1. The molecule has 1 amide bonds. The Labute approximate surface area is 232 Å². The van der Waals surface area contributed by atoms with E-state index in [9.17, 15) is 19.1 Å². The van der Waals surface area contributed by atoms with Gasteiger partial charge in [0.25, 0.3) is 5.91 Å². The molecule has 2 unspecified atom stereocenters. The van der Waals surface area contributed by atoms with Crippen LogP contribution < -0.4 is 15.5 Å². The molecule has 1 aliphatic heterocycles. The first kappa shape index (κ1) is 30.0. The highest BCUT2D eigenvalue weighted by atomic mass is 32.2. The fourth-order valence-corrected chi connectivity index (χ4v) is 5.47. The van der Waals surface area contributed by atoms with E-state index in [-0.39, 0.29) is 17.5 Å². The number of halogens is 2. The third-order valence-electron chi connectivity index (χ3n) is 6.33. The highest BCUT2D eigenvalue weighted by Gasteiger charge is 2.28. The number of nitrogens with zero attached hydrogens (tertiary/aromatic N) is 1. The lowest BCUT2D eigenvalue weighted by Crippen LogP contribution is -2.41. The van der Waals surface area contributed by atoms with Crippen LogP contribution in [0.1, 0.15) is 56.0 Å². The Bertz CT molecular complexity index is 1330. The molecule has 0 aliphatic carbocycles. The Morgan fingerprint density at radius 2 is 1.69 bits per heavy atom. The minimum absolute atomic E-state index is 0.181. The van der Waals surface area contributed by atoms with Gasteiger partial charge in [-0.25, -0.2) is 13.6 Å². The lowest BCUT2D eigenvalue weighted by molar-refractivity contribution is -0.139. The zero-order chi connectivity index (χ0) is 28.7. The second kappa shape index (κ2) is 13.5. The number of aryl methyl sites for hydroxylation is 1. The first-order valence-corrected chi connectivity index (χ1v) is 14.0. The van der Waals surface area contributed by atoms with Gasteiger partial charge in [-0.15, -0.1) is 0 Å². The first-order chi connectivity index (χ1) is 18.7. The SMILES string of the molecule is CC.CCCCC(NC(=O)c1ccc(-c2ccc(NC3Sc4cc(C)ccc4N3C)c(F)c2)cc1F)C(=O)O. The molecule has 0 radical (unpaired) electrons. The minimum Gasteiger partial charge on any atom is -0.480 e. The van der Waals surface area contributed by atoms with Crippen molar-refractivity contribution in [3.8, 4) is 11.1 Å². The average Bonchev–Trinajstić information content (AvgIpc) is 3.22. The van der Waals surface area contributed by atoms with Crippen LogP contribution in [-0.2, 0) is 4.79 Å². The van der Waals surface area contributed by atoms with Crippen LogP contribution in [0.25, 0.3) is 11.1 Å². The van der Waals surface area contributed by atoms with Gasteiger partial charge in [-0.05, 0) is 66.4 Å². The van der Waals surface area contributed by atoms with E-state index in [1.165, 1.54) is 18.2 Å². The van der Waals surface area contributed by atoms with Crippen molar-refractivity contribution in [2.75, 3.05) is 17.3 Å². The van der Waals surface area contributed by atoms with Gasteiger partial charge in [-0.3, -0.25) is 4.79 Å². The van der Waals surface area contributed by atoms with Gasteiger partial charge in [0.15, 0.2) is 5.50 Å². The van der Waals surface area contributed by atoms with E-state index in [2.05, 4.69) is 16.7 Å². The summed E-state index contributed by atoms with van der Waals surface area (Å²) in [5.41, 5.74) is 2.96. The van der Waals surface area contributed by atoms with Crippen LogP contribution in [0.3, 0.4) is 0 Å². The zero-order valence-corrected chi connectivity index (χ0v) is 23.7. The number of hydrogen-bond donors (Lipinski definition) is 3. The fraction of sp³-hybridized carbons (Fsp3) is 0.333. The fourth-order valence-electron chi connectivity index (χ4n) is 4.18. The molecule has 6 nitrogen and oxygen atoms in total. The van der Waals surface area contributed by atoms with Crippen LogP contribution in [0.15, 0.2) is 59.5 Å². The number of nitrogens with one attached hydrogen (secondary N) is 2. The number of unbranched alkanes of at least 4 members (excludes halogenated alkanes) is 1. The molecule has 0 aromatic heterocycles. The molecule has 0 spiro atoms. The summed E-state index contributed by atoms with van der Waals surface area (Å²) >= 11 is 1.60. The summed E-state index contributed by atoms with van der Waals surface area (Å²) in [4.78, 5) is 27.1. The van der Waals surface area contributed by atoms with Crippen molar-refractivity contribution in [2.24, 2.45) is 0 Å². The van der Waals surface area contributed by atoms with Crippen molar-refractivity contribution in [1.29, 1.82) is 0 Å². The lowest BCUT2D eigenvalue weighted by atomic mass is 10.0. The lowest BCUT2D eigenvalue weighted by Gasteiger charge is -2.23. The number of carboxylic acid groups (broad SMARTS) is 1. The van der Waals surface area contributed by atoms with Crippen LogP contribution in [-0.4, -0.2) is 35.6 Å². The Balaban J connectivity index is 0.00000205. The topological polar surface area (TPSA) is 81.7 Å². The van der Waals surface area contributed by atoms with Gasteiger partial charge in [-0.1, -0.05) is 63.6 Å². The largest absolute Gasteiger partial charge is 0.480 e. The predicted molar refractivity (Wildman–Crippen MR) is 154 cm³/mol. The molecule has 0 saturated heterocycles. The van der Waals surface area contributed by atoms with E-state index < -0.39 is 29.6 Å². The summed E-state index contributed by atoms with van der Waals surface area (Å²) in [6.07, 6.45) is 1.66. The molecule has 1 aliphatic rings. The molecule has 208 valence electrons. The zero-order valence-electron chi connectivity index (χ0n) is 22.8. The Hall–Kier alpha value is -3.59. The Morgan fingerprint density at radius 1 is 1.03 bits per heavy atom. The van der Waals surface area contributed by atoms with Crippen LogP contribution in [0.2, 0.25) is 0 Å². The van der Waals surface area contributed by atoms with Gasteiger partial charge in [0, 0.05) is 11.9 Å². The predicted octanol–water partition coefficient (Wildman–Crippen LogP) is 7.28. The maximum atomic E-state index is 15.0. The summed E-state index contributed by atoms with van der Waals surface area (Å²) in [6.45, 7) is 7.94. The summed E-state index contributed by atoms with van der Waals surface area (Å²) in [5.74, 6) is -3.26. The molecule has 0 saturated carbocycles. The van der Waals surface area contributed by atoms with Gasteiger partial charge < -0.3 is 20.6 Å². The summed E-state index contributed by atoms with van der Waals surface area (Å²) in [7, 11) is 1.95. The number of carbonyl (C=O) groups excluding carboxylic acids is 1. The second-order valence-electron chi connectivity index (χ2n) is 9.09. The molecule has 2 atom stereocenters. The highest BCUT2D eigenvalue weighted by Crippen LogP contribution is 2.43. The molecule has 3 N–H and O–H groups in total. The van der Waals surface area contributed by atoms with Gasteiger partial charge in [-0.2, -0.15) is 0 Å². The van der Waals surface area contributed by atoms with E-state index in [1.54, 1.807) is 23.9 Å². The van der Waals surface area contributed by atoms with E-state index in [1.807, 2.05) is 51.8 Å². The standard InChI is InChI=1S/C28H29F2N3O3S.C2H6/c1-4-5-6-23(27(35)36)31-26(34)19-10-8-17(14-20(19)29)18-9-11-22(21(30)15-18)32-28-33(3)24-12-7-16(2)13-25(24)37-28;1-2/h7-15,23,28,32H,4-6H2,1-3H3,(H,31,34)(H,35,36);1-2H3. The number of rotatable bonds is 9. The quantitative estimate of drug-likeness (QED) is 0.258. The number of aliphatic carboxylic acids is 1. The third kappa shape index (κ3) is 7.09. The van der Waals surface area contributed by atoms with Crippen LogP contribution in [0.5, 0.6) is 0 Å². The minimum atomic E-state index is -1.16. The van der Waals surface area contributed by atoms with Gasteiger partial charge in [0.05, 0.1) is 16.9 Å². The molecule has 9 heteroatoms. The number of thioether (sulfide) groups is 1. The number of anilines is 2. The highest BCUT2D eigenvalue weighted by molar-refractivity contribution is 8.00. The number of amides is 1. The maximum absolute atomic E-state index is 15.0. The molecular formula is C30H35F2N3O3S. The van der Waals surface area contributed by atoms with Gasteiger partial charge >= 0.3 is 5.97 Å². The molecule has 0 fully saturated rings. The molecule has 39 heavy (non-hydrogen) atoms. The van der Waals surface area contributed by atoms with Crippen molar-refractivity contribution in [1.82, 2.24) is 5.32 Å². The number of fused-ring (bicyclic) bond motifs is 1. The van der Waals surface area contributed by atoms with E-state index in [4.69, 9.17) is 0 Å². The molecular weight excluding hydrogens is 520 g/mol. The molecule has 1 heterocycles. The maximum Gasteiger partial charge on any atom is 0.326 e. The van der Waals surface area contributed by atoms with Crippen molar-refractivity contribution in [3.63, 3.8) is 0 Å².